The van der Waals surface area contributed by atoms with Crippen LogP contribution in [-0.4, -0.2) is 69.8 Å². The largest absolute Gasteiger partial charge is 0.416 e. The van der Waals surface area contributed by atoms with Gasteiger partial charge in [0.2, 0.25) is 5.91 Å². The van der Waals surface area contributed by atoms with Crippen molar-refractivity contribution in [3.05, 3.63) is 35.4 Å². The van der Waals surface area contributed by atoms with Gasteiger partial charge in [-0.15, -0.1) is 0 Å². The molecule has 3 fully saturated rings. The smallest absolute Gasteiger partial charge is 0.335 e. The van der Waals surface area contributed by atoms with Crippen LogP contribution in [0.25, 0.3) is 0 Å². The predicted molar refractivity (Wildman–Crippen MR) is 109 cm³/mol. The van der Waals surface area contributed by atoms with Gasteiger partial charge in [-0.1, -0.05) is 12.1 Å². The molecule has 1 saturated carbocycles. The lowest BCUT2D eigenvalue weighted by Crippen LogP contribution is -2.70. The molecule has 4 amide bonds. The number of likely N-dealkylation sites (tertiary alicyclic amines) is 1. The molecule has 2 saturated heterocycles. The van der Waals surface area contributed by atoms with Crippen molar-refractivity contribution in [2.75, 3.05) is 19.6 Å². The van der Waals surface area contributed by atoms with Crippen LogP contribution in [0.2, 0.25) is 0 Å². The standard InChI is InChI=1S/C22H27F3N4O3/c1-14(2)28-12-18(30)29(11-15-3-5-16(6-4-15)22(23,24)25)21(19(28)31)9-10-27(13-21)20(32)26-17-7-8-17/h3-6,14,17H,7-13H2,1-2H3,(H,26,32). The number of nitrogens with one attached hydrogen (secondary N) is 1. The third-order valence-corrected chi connectivity index (χ3v) is 6.47. The fourth-order valence-electron chi connectivity index (χ4n) is 4.42. The van der Waals surface area contributed by atoms with Crippen LogP contribution < -0.4 is 5.32 Å². The number of hydrogen-bond acceptors (Lipinski definition) is 3. The van der Waals surface area contributed by atoms with Gasteiger partial charge in [0.15, 0.2) is 0 Å². The van der Waals surface area contributed by atoms with E-state index < -0.39 is 17.3 Å². The second-order valence-corrected chi connectivity index (χ2v) is 9.13. The molecule has 0 radical (unpaired) electrons. The lowest BCUT2D eigenvalue weighted by molar-refractivity contribution is -0.166. The first-order valence-electron chi connectivity index (χ1n) is 10.8. The summed E-state index contributed by atoms with van der Waals surface area (Å²) < 4.78 is 38.7. The second kappa shape index (κ2) is 7.97. The quantitative estimate of drug-likeness (QED) is 0.764. The molecule has 1 aromatic carbocycles. The maximum absolute atomic E-state index is 13.6. The van der Waals surface area contributed by atoms with Crippen LogP contribution in [-0.2, 0) is 22.3 Å². The van der Waals surface area contributed by atoms with Gasteiger partial charge in [0.25, 0.3) is 5.91 Å². The molecule has 1 aromatic rings. The van der Waals surface area contributed by atoms with Gasteiger partial charge in [-0.3, -0.25) is 9.59 Å². The van der Waals surface area contributed by atoms with E-state index in [0.29, 0.717) is 18.5 Å². The predicted octanol–water partition coefficient (Wildman–Crippen LogP) is 2.60. The van der Waals surface area contributed by atoms with Crippen LogP contribution in [0.5, 0.6) is 0 Å². The third-order valence-electron chi connectivity index (χ3n) is 6.47. The summed E-state index contributed by atoms with van der Waals surface area (Å²) in [5, 5.41) is 2.91. The number of halogens is 3. The zero-order valence-electron chi connectivity index (χ0n) is 18.1. The SMILES string of the molecule is CC(C)N1CC(=O)N(Cc2ccc(C(F)(F)F)cc2)C2(CCN(C(=O)NC3CC3)C2)C1=O. The van der Waals surface area contributed by atoms with E-state index in [0.717, 1.165) is 25.0 Å². The van der Waals surface area contributed by atoms with Gasteiger partial charge in [0.1, 0.15) is 12.1 Å². The molecule has 2 heterocycles. The summed E-state index contributed by atoms with van der Waals surface area (Å²) in [6.07, 6.45) is -2.29. The Morgan fingerprint density at radius 1 is 1.19 bits per heavy atom. The number of alkyl halides is 3. The number of urea groups is 1. The fourth-order valence-corrected chi connectivity index (χ4v) is 4.42. The van der Waals surface area contributed by atoms with Gasteiger partial charge in [0.05, 0.1) is 12.1 Å². The first kappa shape index (κ1) is 22.4. The fraction of sp³-hybridized carbons (Fsp3) is 0.591. The number of nitrogens with zero attached hydrogens (tertiary/aromatic N) is 3. The van der Waals surface area contributed by atoms with E-state index in [2.05, 4.69) is 5.32 Å². The van der Waals surface area contributed by atoms with Crippen LogP contribution in [0.15, 0.2) is 24.3 Å². The molecule has 1 unspecified atom stereocenters. The molecule has 10 heteroatoms. The highest BCUT2D eigenvalue weighted by atomic mass is 19.4. The number of carbonyl (C=O) groups excluding carboxylic acids is 3. The van der Waals surface area contributed by atoms with Crippen molar-refractivity contribution in [1.82, 2.24) is 20.0 Å². The van der Waals surface area contributed by atoms with Crippen molar-refractivity contribution < 1.29 is 27.6 Å². The number of hydrogen-bond donors (Lipinski definition) is 1. The van der Waals surface area contributed by atoms with Gasteiger partial charge in [0, 0.05) is 25.2 Å². The summed E-state index contributed by atoms with van der Waals surface area (Å²) in [5.74, 6) is -0.497. The Hall–Kier alpha value is -2.78. The maximum Gasteiger partial charge on any atom is 0.416 e. The average molecular weight is 452 g/mol. The summed E-state index contributed by atoms with van der Waals surface area (Å²) in [6.45, 7) is 3.97. The molecule has 1 aliphatic carbocycles. The van der Waals surface area contributed by atoms with Gasteiger partial charge >= 0.3 is 12.2 Å². The number of benzene rings is 1. The van der Waals surface area contributed by atoms with Gasteiger partial charge < -0.3 is 20.0 Å². The van der Waals surface area contributed by atoms with Gasteiger partial charge in [-0.25, -0.2) is 4.79 Å². The molecule has 3 aliphatic rings. The van der Waals surface area contributed by atoms with Crippen LogP contribution >= 0.6 is 0 Å². The average Bonchev–Trinajstić information content (AvgIpc) is 3.42. The van der Waals surface area contributed by atoms with E-state index in [1.807, 2.05) is 13.8 Å². The minimum atomic E-state index is -4.45. The summed E-state index contributed by atoms with van der Waals surface area (Å²) >= 11 is 0. The molecule has 0 aromatic heterocycles. The normalized spacial score (nSPS) is 24.1. The summed E-state index contributed by atoms with van der Waals surface area (Å²) in [5.41, 5.74) is -1.49. The zero-order chi connectivity index (χ0) is 23.3. The summed E-state index contributed by atoms with van der Waals surface area (Å²) in [7, 11) is 0. The Kier molecular flexibility index (Phi) is 5.58. The zero-order valence-corrected chi connectivity index (χ0v) is 18.1. The van der Waals surface area contributed by atoms with Crippen LogP contribution in [0, 0.1) is 0 Å². The molecular formula is C22H27F3N4O3. The Labute approximate surface area is 184 Å². The first-order chi connectivity index (χ1) is 15.0. The van der Waals surface area contributed by atoms with Crippen LogP contribution in [0.1, 0.15) is 44.2 Å². The van der Waals surface area contributed by atoms with E-state index in [-0.39, 0.29) is 49.6 Å². The monoisotopic (exact) mass is 452 g/mol. The van der Waals surface area contributed by atoms with Crippen molar-refractivity contribution in [1.29, 1.82) is 0 Å². The third kappa shape index (κ3) is 4.14. The Balaban J connectivity index is 1.60. The van der Waals surface area contributed by atoms with Crippen LogP contribution in [0.3, 0.4) is 0 Å². The highest BCUT2D eigenvalue weighted by Gasteiger charge is 2.57. The highest BCUT2D eigenvalue weighted by molar-refractivity contribution is 5.99. The van der Waals surface area contributed by atoms with Crippen LogP contribution in [0.4, 0.5) is 18.0 Å². The van der Waals surface area contributed by atoms with Gasteiger partial charge in [-0.05, 0) is 50.8 Å². The Morgan fingerprint density at radius 3 is 2.41 bits per heavy atom. The molecule has 1 spiro atoms. The number of amides is 4. The topological polar surface area (TPSA) is 73.0 Å². The molecule has 1 atom stereocenters. The second-order valence-electron chi connectivity index (χ2n) is 9.13. The molecule has 1 N–H and O–H groups in total. The summed E-state index contributed by atoms with van der Waals surface area (Å²) in [4.78, 5) is 43.8. The van der Waals surface area contributed by atoms with Crippen molar-refractivity contribution in [2.45, 2.75) is 63.5 Å². The minimum Gasteiger partial charge on any atom is -0.335 e. The highest BCUT2D eigenvalue weighted by Crippen LogP contribution is 2.36. The van der Waals surface area contributed by atoms with E-state index in [4.69, 9.17) is 0 Å². The van der Waals surface area contributed by atoms with Crippen molar-refractivity contribution in [2.24, 2.45) is 0 Å². The molecule has 174 valence electrons. The van der Waals surface area contributed by atoms with Gasteiger partial charge in [-0.2, -0.15) is 13.2 Å². The lowest BCUT2D eigenvalue weighted by Gasteiger charge is -2.48. The van der Waals surface area contributed by atoms with E-state index in [1.54, 1.807) is 4.90 Å². The molecule has 0 bridgehead atoms. The Morgan fingerprint density at radius 2 is 1.84 bits per heavy atom. The maximum atomic E-state index is 13.6. The van der Waals surface area contributed by atoms with E-state index in [9.17, 15) is 27.6 Å². The minimum absolute atomic E-state index is 0.00668. The molecule has 2 aliphatic heterocycles. The number of rotatable bonds is 4. The molecule has 7 nitrogen and oxygen atoms in total. The number of carbonyl (C=O) groups is 3. The van der Waals surface area contributed by atoms with E-state index >= 15 is 0 Å². The molecule has 32 heavy (non-hydrogen) atoms. The van der Waals surface area contributed by atoms with Crippen molar-refractivity contribution in [3.63, 3.8) is 0 Å². The molecular weight excluding hydrogens is 425 g/mol. The number of piperazine rings is 1. The van der Waals surface area contributed by atoms with Crippen molar-refractivity contribution >= 4 is 17.8 Å². The molecule has 4 rings (SSSR count). The summed E-state index contributed by atoms with van der Waals surface area (Å²) in [6, 6.07) is 4.33. The van der Waals surface area contributed by atoms with Crippen molar-refractivity contribution in [3.8, 4) is 0 Å². The first-order valence-corrected chi connectivity index (χ1v) is 10.8. The lowest BCUT2D eigenvalue weighted by atomic mass is 9.89. The Bertz CT molecular complexity index is 914. The van der Waals surface area contributed by atoms with E-state index in [1.165, 1.54) is 21.9 Å².